The lowest BCUT2D eigenvalue weighted by Crippen LogP contribution is -2.53. The lowest BCUT2D eigenvalue weighted by molar-refractivity contribution is 0.0138. The summed E-state index contributed by atoms with van der Waals surface area (Å²) in [4.78, 5) is 16.4. The molecule has 26 heavy (non-hydrogen) atoms. The first-order chi connectivity index (χ1) is 12.4. The lowest BCUT2D eigenvalue weighted by Gasteiger charge is -2.38. The van der Waals surface area contributed by atoms with Gasteiger partial charge in [0.2, 0.25) is 0 Å². The second kappa shape index (κ2) is 9.38. The van der Waals surface area contributed by atoms with Crippen LogP contribution in [0.4, 0.5) is 4.79 Å². The molecule has 0 spiro atoms. The van der Waals surface area contributed by atoms with E-state index in [1.165, 1.54) is 11.1 Å². The molecule has 1 saturated heterocycles. The van der Waals surface area contributed by atoms with Crippen molar-refractivity contribution in [2.75, 3.05) is 32.7 Å². The maximum Gasteiger partial charge on any atom is 0.410 e. The number of carbonyl (C=O) groups is 1. The summed E-state index contributed by atoms with van der Waals surface area (Å²) in [6.07, 6.45) is 0.898. The third kappa shape index (κ3) is 5.99. The molecule has 0 aliphatic carbocycles. The lowest BCUT2D eigenvalue weighted by atomic mass is 9.95. The summed E-state index contributed by atoms with van der Waals surface area (Å²) in [5.74, 6) is 0. The van der Waals surface area contributed by atoms with Crippen LogP contribution in [-0.2, 0) is 17.7 Å². The number of hydrogen-bond acceptors (Lipinski definition) is 4. The molecule has 1 fully saturated rings. The normalized spacial score (nSPS) is 20.7. The maximum absolute atomic E-state index is 12.1. The summed E-state index contributed by atoms with van der Waals surface area (Å²) in [5.41, 5.74) is 2.46. The standard InChI is InChI=1S/C19H29N3O2.C2H6/c1-19(2,3)24-18(23)22-10-8-21(9-11-22)14-17-12-15-6-4-5-7-16(15)13-20-17;1-2/h4-7,17,20H,8-14H2,1-3H3;1-2H3/t17-;/m1./s1. The number of benzene rings is 1. The second-order valence-corrected chi connectivity index (χ2v) is 7.82. The minimum Gasteiger partial charge on any atom is -0.444 e. The summed E-state index contributed by atoms with van der Waals surface area (Å²) in [6.45, 7) is 15.1. The van der Waals surface area contributed by atoms with Crippen LogP contribution < -0.4 is 5.32 Å². The monoisotopic (exact) mass is 361 g/mol. The smallest absolute Gasteiger partial charge is 0.410 e. The van der Waals surface area contributed by atoms with Crippen molar-refractivity contribution in [2.24, 2.45) is 0 Å². The second-order valence-electron chi connectivity index (χ2n) is 7.82. The van der Waals surface area contributed by atoms with Gasteiger partial charge >= 0.3 is 6.09 Å². The molecule has 5 nitrogen and oxygen atoms in total. The first-order valence-electron chi connectivity index (χ1n) is 9.91. The quantitative estimate of drug-likeness (QED) is 0.878. The Labute approximate surface area is 158 Å². The molecule has 146 valence electrons. The molecule has 1 aromatic rings. The van der Waals surface area contributed by atoms with Crippen LogP contribution in [0.1, 0.15) is 45.7 Å². The van der Waals surface area contributed by atoms with Gasteiger partial charge in [0, 0.05) is 45.3 Å². The van der Waals surface area contributed by atoms with E-state index in [0.29, 0.717) is 6.04 Å². The van der Waals surface area contributed by atoms with E-state index in [1.807, 2.05) is 39.5 Å². The highest BCUT2D eigenvalue weighted by atomic mass is 16.6. The molecule has 2 aliphatic rings. The summed E-state index contributed by atoms with van der Waals surface area (Å²) < 4.78 is 5.46. The Hall–Kier alpha value is -1.59. The summed E-state index contributed by atoms with van der Waals surface area (Å²) >= 11 is 0. The Kier molecular flexibility index (Phi) is 7.47. The van der Waals surface area contributed by atoms with E-state index in [0.717, 1.165) is 45.7 Å². The third-order valence-electron chi connectivity index (χ3n) is 4.67. The van der Waals surface area contributed by atoms with E-state index in [4.69, 9.17) is 4.74 Å². The van der Waals surface area contributed by atoms with Gasteiger partial charge in [-0.05, 0) is 38.3 Å². The summed E-state index contributed by atoms with van der Waals surface area (Å²) in [7, 11) is 0. The average Bonchev–Trinajstić information content (AvgIpc) is 2.62. The number of rotatable bonds is 2. The van der Waals surface area contributed by atoms with Gasteiger partial charge in [0.15, 0.2) is 0 Å². The van der Waals surface area contributed by atoms with Crippen molar-refractivity contribution < 1.29 is 9.53 Å². The molecule has 1 N–H and O–H groups in total. The Morgan fingerprint density at radius 3 is 2.35 bits per heavy atom. The van der Waals surface area contributed by atoms with Gasteiger partial charge in [0.1, 0.15) is 5.60 Å². The molecule has 1 aromatic carbocycles. The number of nitrogens with one attached hydrogen (secondary N) is 1. The highest BCUT2D eigenvalue weighted by Crippen LogP contribution is 2.17. The third-order valence-corrected chi connectivity index (χ3v) is 4.67. The summed E-state index contributed by atoms with van der Waals surface area (Å²) in [5, 5.41) is 3.64. The fourth-order valence-electron chi connectivity index (χ4n) is 3.40. The predicted molar refractivity (Wildman–Crippen MR) is 106 cm³/mol. The first-order valence-corrected chi connectivity index (χ1v) is 9.91. The van der Waals surface area contributed by atoms with Crippen molar-refractivity contribution in [3.8, 4) is 0 Å². The van der Waals surface area contributed by atoms with Gasteiger partial charge in [-0.15, -0.1) is 0 Å². The fraction of sp³-hybridized carbons (Fsp3) is 0.667. The molecular formula is C21H35N3O2. The Bertz CT molecular complexity index is 575. The number of carbonyl (C=O) groups excluding carboxylic acids is 1. The van der Waals surface area contributed by atoms with Gasteiger partial charge < -0.3 is 15.0 Å². The van der Waals surface area contributed by atoms with E-state index < -0.39 is 5.60 Å². The minimum absolute atomic E-state index is 0.188. The number of ether oxygens (including phenoxy) is 1. The number of nitrogens with zero attached hydrogens (tertiary/aromatic N) is 2. The van der Waals surface area contributed by atoms with Crippen LogP contribution >= 0.6 is 0 Å². The van der Waals surface area contributed by atoms with Gasteiger partial charge in [-0.25, -0.2) is 4.79 Å². The van der Waals surface area contributed by atoms with Crippen LogP contribution in [0.5, 0.6) is 0 Å². The minimum atomic E-state index is -0.423. The molecule has 2 heterocycles. The highest BCUT2D eigenvalue weighted by molar-refractivity contribution is 5.68. The molecule has 1 atom stereocenters. The molecule has 0 unspecified atom stereocenters. The molecule has 1 amide bonds. The van der Waals surface area contributed by atoms with Crippen LogP contribution in [0.15, 0.2) is 24.3 Å². The van der Waals surface area contributed by atoms with Gasteiger partial charge in [-0.2, -0.15) is 0 Å². The van der Waals surface area contributed by atoms with E-state index in [9.17, 15) is 4.79 Å². The number of piperazine rings is 1. The van der Waals surface area contributed by atoms with E-state index in [1.54, 1.807) is 0 Å². The van der Waals surface area contributed by atoms with Crippen LogP contribution in [-0.4, -0.2) is 60.3 Å². The molecular weight excluding hydrogens is 326 g/mol. The van der Waals surface area contributed by atoms with Crippen LogP contribution in [0.3, 0.4) is 0 Å². The number of fused-ring (bicyclic) bond motifs is 1. The van der Waals surface area contributed by atoms with Crippen molar-refractivity contribution in [3.05, 3.63) is 35.4 Å². The van der Waals surface area contributed by atoms with Gasteiger partial charge in [0.25, 0.3) is 0 Å². The summed E-state index contributed by atoms with van der Waals surface area (Å²) in [6, 6.07) is 9.17. The van der Waals surface area contributed by atoms with E-state index in [-0.39, 0.29) is 6.09 Å². The van der Waals surface area contributed by atoms with Crippen molar-refractivity contribution in [1.29, 1.82) is 0 Å². The highest BCUT2D eigenvalue weighted by Gasteiger charge is 2.27. The Morgan fingerprint density at radius 1 is 1.12 bits per heavy atom. The predicted octanol–water partition coefficient (Wildman–Crippen LogP) is 3.28. The van der Waals surface area contributed by atoms with Crippen molar-refractivity contribution in [3.63, 3.8) is 0 Å². The molecule has 0 radical (unpaired) electrons. The van der Waals surface area contributed by atoms with Crippen LogP contribution in [0.25, 0.3) is 0 Å². The molecule has 0 bridgehead atoms. The zero-order valence-corrected chi connectivity index (χ0v) is 17.0. The maximum atomic E-state index is 12.1. The Balaban J connectivity index is 0.00000117. The average molecular weight is 362 g/mol. The van der Waals surface area contributed by atoms with Gasteiger partial charge in [0.05, 0.1) is 0 Å². The molecule has 0 saturated carbocycles. The van der Waals surface area contributed by atoms with E-state index in [2.05, 4.69) is 34.5 Å². The first kappa shape index (κ1) is 20.7. The van der Waals surface area contributed by atoms with E-state index >= 15 is 0 Å². The molecule has 0 aromatic heterocycles. The largest absolute Gasteiger partial charge is 0.444 e. The zero-order chi connectivity index (χ0) is 19.2. The Morgan fingerprint density at radius 2 is 1.73 bits per heavy atom. The van der Waals surface area contributed by atoms with Crippen LogP contribution in [0, 0.1) is 0 Å². The van der Waals surface area contributed by atoms with Crippen molar-refractivity contribution in [1.82, 2.24) is 15.1 Å². The van der Waals surface area contributed by atoms with Gasteiger partial charge in [-0.1, -0.05) is 38.1 Å². The van der Waals surface area contributed by atoms with Crippen molar-refractivity contribution in [2.45, 2.75) is 59.2 Å². The SMILES string of the molecule is CC.CC(C)(C)OC(=O)N1CCN(C[C@H]2Cc3ccccc3CN2)CC1. The van der Waals surface area contributed by atoms with Crippen LogP contribution in [0.2, 0.25) is 0 Å². The topological polar surface area (TPSA) is 44.8 Å². The van der Waals surface area contributed by atoms with Gasteiger partial charge in [-0.3, -0.25) is 4.90 Å². The number of amides is 1. The number of hydrogen-bond donors (Lipinski definition) is 1. The fourth-order valence-corrected chi connectivity index (χ4v) is 3.40. The molecule has 5 heteroatoms. The van der Waals surface area contributed by atoms with Crippen molar-refractivity contribution >= 4 is 6.09 Å². The molecule has 3 rings (SSSR count). The zero-order valence-electron chi connectivity index (χ0n) is 17.0. The molecule has 2 aliphatic heterocycles.